The van der Waals surface area contributed by atoms with Gasteiger partial charge in [-0.2, -0.15) is 4.31 Å². The Balaban J connectivity index is 1.67. The number of sulfonamides is 1. The number of nitrogens with zero attached hydrogens (tertiary/aromatic N) is 1. The van der Waals surface area contributed by atoms with E-state index in [0.717, 1.165) is 51.4 Å². The molecule has 0 heterocycles. The van der Waals surface area contributed by atoms with Gasteiger partial charge in [0.25, 0.3) is 5.91 Å². The number of ether oxygens (including phenoxy) is 1. The number of benzene rings is 1. The van der Waals surface area contributed by atoms with E-state index in [1.165, 1.54) is 23.4 Å². The fourth-order valence-electron chi connectivity index (χ4n) is 4.92. The molecule has 2 saturated carbocycles. The lowest BCUT2D eigenvalue weighted by molar-refractivity contribution is -0.157. The predicted octanol–water partition coefficient (Wildman–Crippen LogP) is 2.96. The van der Waals surface area contributed by atoms with Gasteiger partial charge in [-0.3, -0.25) is 9.59 Å². The van der Waals surface area contributed by atoms with Crippen LogP contribution in [-0.4, -0.2) is 55.7 Å². The van der Waals surface area contributed by atoms with Crippen LogP contribution in [-0.2, 0) is 29.1 Å². The molecule has 10 heteroatoms. The van der Waals surface area contributed by atoms with Crippen LogP contribution in [0.25, 0.3) is 0 Å². The molecule has 0 atom stereocenters. The van der Waals surface area contributed by atoms with Crippen LogP contribution in [0.4, 0.5) is 5.69 Å². The Morgan fingerprint density at radius 1 is 1.03 bits per heavy atom. The van der Waals surface area contributed by atoms with Crippen LogP contribution in [0.3, 0.4) is 0 Å². The molecule has 0 bridgehead atoms. The first-order chi connectivity index (χ1) is 16.2. The van der Waals surface area contributed by atoms with Gasteiger partial charge in [0.2, 0.25) is 15.9 Å². The summed E-state index contributed by atoms with van der Waals surface area (Å²) in [6, 6.07) is 6.15. The SMILES string of the molecule is CC(=O)NC1(C(=O)OCC(=O)Nc2ccccc2S(=O)(=O)N(C)C2CCCCC2)CCCCC1. The van der Waals surface area contributed by atoms with Gasteiger partial charge in [-0.25, -0.2) is 13.2 Å². The van der Waals surface area contributed by atoms with Gasteiger partial charge in [-0.05, 0) is 37.8 Å². The van der Waals surface area contributed by atoms with E-state index >= 15 is 0 Å². The summed E-state index contributed by atoms with van der Waals surface area (Å²) in [6.45, 7) is 0.769. The van der Waals surface area contributed by atoms with Crippen molar-refractivity contribution in [2.45, 2.75) is 87.6 Å². The lowest BCUT2D eigenvalue weighted by Gasteiger charge is -2.35. The summed E-state index contributed by atoms with van der Waals surface area (Å²) < 4.78 is 33.3. The van der Waals surface area contributed by atoms with Crippen molar-refractivity contribution in [1.82, 2.24) is 9.62 Å². The molecule has 2 fully saturated rings. The lowest BCUT2D eigenvalue weighted by Crippen LogP contribution is -2.56. The van der Waals surface area contributed by atoms with Crippen molar-refractivity contribution in [3.05, 3.63) is 24.3 Å². The summed E-state index contributed by atoms with van der Waals surface area (Å²) >= 11 is 0. The predicted molar refractivity (Wildman–Crippen MR) is 127 cm³/mol. The summed E-state index contributed by atoms with van der Waals surface area (Å²) in [6.07, 6.45) is 8.18. The molecule has 0 radical (unpaired) electrons. The van der Waals surface area contributed by atoms with Crippen molar-refractivity contribution in [2.24, 2.45) is 0 Å². The largest absolute Gasteiger partial charge is 0.454 e. The molecule has 2 aliphatic carbocycles. The molecule has 34 heavy (non-hydrogen) atoms. The molecule has 0 saturated heterocycles. The lowest BCUT2D eigenvalue weighted by atomic mass is 9.81. The van der Waals surface area contributed by atoms with Crippen molar-refractivity contribution in [3.8, 4) is 0 Å². The van der Waals surface area contributed by atoms with E-state index in [0.29, 0.717) is 12.8 Å². The average molecular weight is 494 g/mol. The average Bonchev–Trinajstić information content (AvgIpc) is 2.83. The molecular weight excluding hydrogens is 458 g/mol. The fourth-order valence-corrected chi connectivity index (χ4v) is 6.48. The number of anilines is 1. The summed E-state index contributed by atoms with van der Waals surface area (Å²) in [4.78, 5) is 37.0. The molecule has 0 unspecified atom stereocenters. The van der Waals surface area contributed by atoms with Crippen LogP contribution in [0.2, 0.25) is 0 Å². The smallest absolute Gasteiger partial charge is 0.332 e. The van der Waals surface area contributed by atoms with E-state index in [-0.39, 0.29) is 22.5 Å². The maximum absolute atomic E-state index is 13.3. The van der Waals surface area contributed by atoms with Crippen LogP contribution >= 0.6 is 0 Å². The Hall–Kier alpha value is -2.46. The Labute approximate surface area is 201 Å². The van der Waals surface area contributed by atoms with E-state index in [1.807, 2.05) is 0 Å². The zero-order valence-electron chi connectivity index (χ0n) is 20.0. The number of carbonyl (C=O) groups is 3. The number of para-hydroxylation sites is 1. The third kappa shape index (κ3) is 6.15. The monoisotopic (exact) mass is 493 g/mol. The minimum Gasteiger partial charge on any atom is -0.454 e. The molecule has 2 aliphatic rings. The van der Waals surface area contributed by atoms with Crippen molar-refractivity contribution in [1.29, 1.82) is 0 Å². The summed E-state index contributed by atoms with van der Waals surface area (Å²) in [5.41, 5.74) is -0.977. The van der Waals surface area contributed by atoms with Gasteiger partial charge in [-0.15, -0.1) is 0 Å². The van der Waals surface area contributed by atoms with Crippen LogP contribution < -0.4 is 10.6 Å². The first-order valence-electron chi connectivity index (χ1n) is 12.0. The Bertz CT molecular complexity index is 998. The van der Waals surface area contributed by atoms with Crippen LogP contribution in [0.5, 0.6) is 0 Å². The minimum atomic E-state index is -3.82. The zero-order chi connectivity index (χ0) is 24.8. The Kier molecular flexibility index (Phi) is 8.70. The number of carbonyl (C=O) groups excluding carboxylic acids is 3. The molecule has 1 aromatic carbocycles. The van der Waals surface area contributed by atoms with E-state index in [2.05, 4.69) is 10.6 Å². The summed E-state index contributed by atoms with van der Waals surface area (Å²) in [5, 5.41) is 5.29. The second-order valence-corrected chi connectivity index (χ2v) is 11.2. The first-order valence-corrected chi connectivity index (χ1v) is 13.4. The number of hydrogen-bond donors (Lipinski definition) is 2. The number of esters is 1. The second kappa shape index (κ2) is 11.3. The number of rotatable bonds is 8. The van der Waals surface area contributed by atoms with Crippen LogP contribution in [0.15, 0.2) is 29.2 Å². The molecule has 3 rings (SSSR count). The van der Waals surface area contributed by atoms with Crippen molar-refractivity contribution < 1.29 is 27.5 Å². The summed E-state index contributed by atoms with van der Waals surface area (Å²) in [7, 11) is -2.24. The third-order valence-corrected chi connectivity index (χ3v) is 8.72. The molecule has 9 nitrogen and oxygen atoms in total. The first kappa shape index (κ1) is 26.2. The Morgan fingerprint density at radius 3 is 2.29 bits per heavy atom. The van der Waals surface area contributed by atoms with Gasteiger partial charge in [0.1, 0.15) is 10.4 Å². The highest BCUT2D eigenvalue weighted by molar-refractivity contribution is 7.89. The normalized spacial score (nSPS) is 18.8. The van der Waals surface area contributed by atoms with Gasteiger partial charge in [0, 0.05) is 20.0 Å². The van der Waals surface area contributed by atoms with Crippen LogP contribution in [0.1, 0.15) is 71.1 Å². The highest BCUT2D eigenvalue weighted by Gasteiger charge is 2.42. The third-order valence-electron chi connectivity index (χ3n) is 6.75. The maximum Gasteiger partial charge on any atom is 0.332 e. The molecular formula is C24H35N3O6S. The molecule has 2 amide bonds. The van der Waals surface area contributed by atoms with Gasteiger partial charge in [0.15, 0.2) is 6.61 Å². The molecule has 188 valence electrons. The minimum absolute atomic E-state index is 0.00440. The molecule has 0 aromatic heterocycles. The fraction of sp³-hybridized carbons (Fsp3) is 0.625. The highest BCUT2D eigenvalue weighted by Crippen LogP contribution is 2.31. The Morgan fingerprint density at radius 2 is 1.65 bits per heavy atom. The van der Waals surface area contributed by atoms with Gasteiger partial charge < -0.3 is 15.4 Å². The van der Waals surface area contributed by atoms with E-state index in [1.54, 1.807) is 19.2 Å². The number of amides is 2. The van der Waals surface area contributed by atoms with E-state index in [9.17, 15) is 22.8 Å². The standard InChI is InChI=1S/C24H35N3O6S/c1-18(28)26-24(15-9-4-10-16-24)23(30)33-17-22(29)25-20-13-7-8-14-21(20)34(31,32)27(2)19-11-5-3-6-12-19/h7-8,13-14,19H,3-6,9-12,15-17H2,1-2H3,(H,25,29)(H,26,28). The quantitative estimate of drug-likeness (QED) is 0.537. The molecule has 1 aromatic rings. The summed E-state index contributed by atoms with van der Waals surface area (Å²) in [5.74, 6) is -1.62. The van der Waals surface area contributed by atoms with E-state index < -0.39 is 34.0 Å². The van der Waals surface area contributed by atoms with E-state index in [4.69, 9.17) is 4.74 Å². The molecule has 2 N–H and O–H groups in total. The van der Waals surface area contributed by atoms with Crippen molar-refractivity contribution >= 4 is 33.5 Å². The maximum atomic E-state index is 13.3. The highest BCUT2D eigenvalue weighted by atomic mass is 32.2. The van der Waals surface area contributed by atoms with Gasteiger partial charge in [-0.1, -0.05) is 50.7 Å². The van der Waals surface area contributed by atoms with Crippen molar-refractivity contribution in [3.63, 3.8) is 0 Å². The molecule has 0 spiro atoms. The number of hydrogen-bond acceptors (Lipinski definition) is 6. The second-order valence-electron chi connectivity index (χ2n) is 9.26. The topological polar surface area (TPSA) is 122 Å². The van der Waals surface area contributed by atoms with Crippen LogP contribution in [0, 0.1) is 0 Å². The van der Waals surface area contributed by atoms with Gasteiger partial charge >= 0.3 is 5.97 Å². The zero-order valence-corrected chi connectivity index (χ0v) is 20.8. The van der Waals surface area contributed by atoms with Crippen molar-refractivity contribution in [2.75, 3.05) is 19.0 Å². The number of nitrogens with one attached hydrogen (secondary N) is 2. The molecule has 0 aliphatic heterocycles. The van der Waals surface area contributed by atoms with Gasteiger partial charge in [0.05, 0.1) is 5.69 Å².